The Kier molecular flexibility index (Phi) is 3.75. The summed E-state index contributed by atoms with van der Waals surface area (Å²) < 4.78 is 13.9. The molecule has 2 rings (SSSR count). The number of nitrogens with zero attached hydrogens (tertiary/aromatic N) is 1. The topological polar surface area (TPSA) is 52.6 Å². The van der Waals surface area contributed by atoms with Gasteiger partial charge in [-0.2, -0.15) is 0 Å². The number of carboxylic acids is 1. The summed E-state index contributed by atoms with van der Waals surface area (Å²) in [6, 6.07) is 6.49. The van der Waals surface area contributed by atoms with E-state index in [4.69, 9.17) is 0 Å². The summed E-state index contributed by atoms with van der Waals surface area (Å²) in [5.41, 5.74) is 0.206. The number of nitrogens with one attached hydrogen (secondary N) is 1. The molecule has 19 heavy (non-hydrogen) atoms. The number of benzene rings is 1. The summed E-state index contributed by atoms with van der Waals surface area (Å²) in [5.74, 6) is -1.71. The molecule has 0 radical (unpaired) electrons. The van der Waals surface area contributed by atoms with Crippen molar-refractivity contribution in [2.45, 2.75) is 19.4 Å². The number of rotatable bonds is 2. The van der Waals surface area contributed by atoms with Crippen LogP contribution in [0, 0.1) is 11.7 Å². The predicted molar refractivity (Wildman–Crippen MR) is 71.8 cm³/mol. The SMILES string of the molecule is CC1(C)CN(c2ccccc2F)CC(C(=O)O)CN1. The van der Waals surface area contributed by atoms with Gasteiger partial charge in [0.25, 0.3) is 0 Å². The molecule has 2 N–H and O–H groups in total. The Balaban J connectivity index is 2.31. The van der Waals surface area contributed by atoms with Crippen LogP contribution in [0.3, 0.4) is 0 Å². The average Bonchev–Trinajstić information content (AvgIpc) is 2.48. The van der Waals surface area contributed by atoms with Crippen molar-refractivity contribution in [3.05, 3.63) is 30.1 Å². The van der Waals surface area contributed by atoms with E-state index >= 15 is 0 Å². The molecular formula is C14H19FN2O2. The third kappa shape index (κ3) is 3.23. The minimum Gasteiger partial charge on any atom is -0.481 e. The zero-order chi connectivity index (χ0) is 14.0. The maximum absolute atomic E-state index is 13.9. The van der Waals surface area contributed by atoms with Gasteiger partial charge in [-0.05, 0) is 26.0 Å². The first-order valence-electron chi connectivity index (χ1n) is 6.36. The smallest absolute Gasteiger partial charge is 0.309 e. The Morgan fingerprint density at radius 3 is 2.79 bits per heavy atom. The molecule has 0 saturated carbocycles. The summed E-state index contributed by atoms with van der Waals surface area (Å²) in [6.45, 7) is 5.26. The summed E-state index contributed by atoms with van der Waals surface area (Å²) in [5, 5.41) is 12.4. The second-order valence-electron chi connectivity index (χ2n) is 5.63. The van der Waals surface area contributed by atoms with Gasteiger partial charge in [0.15, 0.2) is 0 Å². The maximum Gasteiger partial charge on any atom is 0.309 e. The highest BCUT2D eigenvalue weighted by molar-refractivity contribution is 5.71. The molecule has 104 valence electrons. The van der Waals surface area contributed by atoms with Crippen LogP contribution < -0.4 is 10.2 Å². The molecule has 1 saturated heterocycles. The maximum atomic E-state index is 13.9. The minimum absolute atomic E-state index is 0.257. The molecule has 1 aliphatic heterocycles. The Hall–Kier alpha value is -1.62. The van der Waals surface area contributed by atoms with Crippen LogP contribution in [0.25, 0.3) is 0 Å². The van der Waals surface area contributed by atoms with Crippen LogP contribution in [0.2, 0.25) is 0 Å². The molecule has 1 heterocycles. The van der Waals surface area contributed by atoms with Gasteiger partial charge in [0.05, 0.1) is 11.6 Å². The van der Waals surface area contributed by atoms with Crippen LogP contribution in [0.15, 0.2) is 24.3 Å². The fourth-order valence-electron chi connectivity index (χ4n) is 2.38. The molecule has 0 amide bonds. The van der Waals surface area contributed by atoms with Crippen molar-refractivity contribution in [3.63, 3.8) is 0 Å². The second-order valence-corrected chi connectivity index (χ2v) is 5.63. The lowest BCUT2D eigenvalue weighted by Crippen LogP contribution is -2.46. The quantitative estimate of drug-likeness (QED) is 0.855. The van der Waals surface area contributed by atoms with Crippen LogP contribution in [-0.4, -0.2) is 36.2 Å². The first kappa shape index (κ1) is 13.8. The van der Waals surface area contributed by atoms with Gasteiger partial charge in [-0.25, -0.2) is 4.39 Å². The Labute approximate surface area is 112 Å². The monoisotopic (exact) mass is 266 g/mol. The van der Waals surface area contributed by atoms with Crippen molar-refractivity contribution in [3.8, 4) is 0 Å². The van der Waals surface area contributed by atoms with Gasteiger partial charge < -0.3 is 15.3 Å². The highest BCUT2D eigenvalue weighted by Gasteiger charge is 2.32. The first-order chi connectivity index (χ1) is 8.89. The molecule has 1 aliphatic rings. The molecule has 0 aliphatic carbocycles. The van der Waals surface area contributed by atoms with E-state index in [0.717, 1.165) is 0 Å². The molecule has 1 unspecified atom stereocenters. The van der Waals surface area contributed by atoms with Crippen LogP contribution in [0.5, 0.6) is 0 Å². The largest absolute Gasteiger partial charge is 0.481 e. The molecule has 0 spiro atoms. The minimum atomic E-state index is -0.855. The fourth-order valence-corrected chi connectivity index (χ4v) is 2.38. The number of halogens is 1. The van der Waals surface area contributed by atoms with Crippen LogP contribution >= 0.6 is 0 Å². The van der Waals surface area contributed by atoms with Crippen molar-refractivity contribution in [1.29, 1.82) is 0 Å². The van der Waals surface area contributed by atoms with Crippen molar-refractivity contribution >= 4 is 11.7 Å². The van der Waals surface area contributed by atoms with Gasteiger partial charge in [-0.3, -0.25) is 4.79 Å². The molecule has 5 heteroatoms. The number of carboxylic acid groups (broad SMARTS) is 1. The van der Waals surface area contributed by atoms with Crippen LogP contribution in [0.1, 0.15) is 13.8 Å². The third-order valence-electron chi connectivity index (χ3n) is 3.40. The van der Waals surface area contributed by atoms with E-state index in [1.165, 1.54) is 6.07 Å². The van der Waals surface area contributed by atoms with Gasteiger partial charge in [-0.15, -0.1) is 0 Å². The van der Waals surface area contributed by atoms with Crippen molar-refractivity contribution < 1.29 is 14.3 Å². The Morgan fingerprint density at radius 2 is 2.16 bits per heavy atom. The number of para-hydroxylation sites is 1. The summed E-state index contributed by atoms with van der Waals surface area (Å²) in [4.78, 5) is 13.0. The molecule has 1 aromatic rings. The standard InChI is InChI=1S/C14H19FN2O2/c1-14(2)9-17(8-10(7-16-14)13(18)19)12-6-4-3-5-11(12)15/h3-6,10,16H,7-9H2,1-2H3,(H,18,19). The first-order valence-corrected chi connectivity index (χ1v) is 6.36. The van der Waals surface area contributed by atoms with Crippen molar-refractivity contribution in [1.82, 2.24) is 5.32 Å². The molecule has 0 bridgehead atoms. The number of aliphatic carboxylic acids is 1. The van der Waals surface area contributed by atoms with E-state index in [0.29, 0.717) is 25.3 Å². The van der Waals surface area contributed by atoms with E-state index in [-0.39, 0.29) is 11.4 Å². The number of anilines is 1. The number of hydrogen-bond donors (Lipinski definition) is 2. The normalized spacial score (nSPS) is 22.9. The lowest BCUT2D eigenvalue weighted by Gasteiger charge is -2.31. The average molecular weight is 266 g/mol. The molecule has 1 aromatic carbocycles. The number of hydrogen-bond acceptors (Lipinski definition) is 3. The summed E-state index contributed by atoms with van der Waals surface area (Å²) in [7, 11) is 0. The zero-order valence-corrected chi connectivity index (χ0v) is 11.2. The third-order valence-corrected chi connectivity index (χ3v) is 3.40. The van der Waals surface area contributed by atoms with Crippen molar-refractivity contribution in [2.75, 3.05) is 24.5 Å². The lowest BCUT2D eigenvalue weighted by molar-refractivity contribution is -0.141. The Morgan fingerprint density at radius 1 is 1.47 bits per heavy atom. The lowest BCUT2D eigenvalue weighted by atomic mass is 10.1. The van der Waals surface area contributed by atoms with Gasteiger partial charge in [-0.1, -0.05) is 12.1 Å². The van der Waals surface area contributed by atoms with Crippen molar-refractivity contribution in [2.24, 2.45) is 5.92 Å². The highest BCUT2D eigenvalue weighted by atomic mass is 19.1. The van der Waals surface area contributed by atoms with Gasteiger partial charge >= 0.3 is 5.97 Å². The van der Waals surface area contributed by atoms with E-state index in [9.17, 15) is 14.3 Å². The zero-order valence-electron chi connectivity index (χ0n) is 11.2. The number of carbonyl (C=O) groups is 1. The van der Waals surface area contributed by atoms with Gasteiger partial charge in [0.2, 0.25) is 0 Å². The van der Waals surface area contributed by atoms with E-state index in [2.05, 4.69) is 5.32 Å². The molecule has 4 nitrogen and oxygen atoms in total. The van der Waals surface area contributed by atoms with Crippen LogP contribution in [0.4, 0.5) is 10.1 Å². The molecule has 0 aromatic heterocycles. The van der Waals surface area contributed by atoms with Gasteiger partial charge in [0, 0.05) is 25.2 Å². The second kappa shape index (κ2) is 5.17. The van der Waals surface area contributed by atoms with E-state index in [1.807, 2.05) is 18.7 Å². The van der Waals surface area contributed by atoms with Crippen LogP contribution in [-0.2, 0) is 4.79 Å². The van der Waals surface area contributed by atoms with E-state index < -0.39 is 11.9 Å². The fraction of sp³-hybridized carbons (Fsp3) is 0.500. The van der Waals surface area contributed by atoms with Gasteiger partial charge in [0.1, 0.15) is 5.82 Å². The predicted octanol–water partition coefficient (Wildman–Crippen LogP) is 1.71. The molecule has 1 atom stereocenters. The summed E-state index contributed by atoms with van der Waals surface area (Å²) >= 11 is 0. The molecular weight excluding hydrogens is 247 g/mol. The molecule has 1 fully saturated rings. The summed E-state index contributed by atoms with van der Waals surface area (Å²) in [6.07, 6.45) is 0. The highest BCUT2D eigenvalue weighted by Crippen LogP contribution is 2.24. The Bertz CT molecular complexity index is 476. The van der Waals surface area contributed by atoms with E-state index in [1.54, 1.807) is 18.2 Å².